The molecule has 0 saturated carbocycles. The molecule has 0 unspecified atom stereocenters. The van der Waals surface area contributed by atoms with Gasteiger partial charge in [-0.2, -0.15) is 0 Å². The molecule has 0 aliphatic carbocycles. The third-order valence-corrected chi connectivity index (χ3v) is 1.89. The van der Waals surface area contributed by atoms with Gasteiger partial charge in [0.1, 0.15) is 0 Å². The van der Waals surface area contributed by atoms with Gasteiger partial charge in [0.2, 0.25) is 0 Å². The molecule has 0 aliphatic rings. The number of unbranched alkanes of at least 4 members (excludes halogenated alkanes) is 1. The number of hydrogen-bond acceptors (Lipinski definition) is 1. The van der Waals surface area contributed by atoms with Gasteiger partial charge in [0, 0.05) is 27.2 Å². The highest BCUT2D eigenvalue weighted by Gasteiger charge is 2.07. The van der Waals surface area contributed by atoms with Crippen LogP contribution in [0.3, 0.4) is 0 Å². The molecule has 0 aromatic rings. The van der Waals surface area contributed by atoms with Gasteiger partial charge in [-0.15, -0.1) is 0 Å². The van der Waals surface area contributed by atoms with Crippen LogP contribution in [0.4, 0.5) is 0 Å². The van der Waals surface area contributed by atoms with E-state index in [-0.39, 0.29) is 0 Å². The fourth-order valence-electron chi connectivity index (χ4n) is 1.05. The molecule has 0 bridgehead atoms. The molecule has 0 rings (SSSR count). The van der Waals surface area contributed by atoms with Gasteiger partial charge in [-0.25, -0.2) is 0 Å². The van der Waals surface area contributed by atoms with Crippen molar-refractivity contribution in [2.24, 2.45) is 0 Å². The van der Waals surface area contributed by atoms with Crippen LogP contribution in [0.2, 0.25) is 0 Å². The van der Waals surface area contributed by atoms with Crippen LogP contribution in [0.5, 0.6) is 0 Å². The van der Waals surface area contributed by atoms with Crippen molar-refractivity contribution in [3.63, 3.8) is 0 Å². The first-order chi connectivity index (χ1) is 5.63. The van der Waals surface area contributed by atoms with E-state index in [0.717, 1.165) is 13.1 Å². The summed E-state index contributed by atoms with van der Waals surface area (Å²) in [6.45, 7) is 6.20. The van der Waals surface area contributed by atoms with Crippen molar-refractivity contribution in [3.05, 3.63) is 0 Å². The van der Waals surface area contributed by atoms with Gasteiger partial charge < -0.3 is 9.80 Å². The predicted octanol–water partition coefficient (Wildman–Crippen LogP) is 1.60. The molecule has 0 aliphatic heterocycles. The van der Waals surface area contributed by atoms with E-state index < -0.39 is 0 Å². The SMILES string of the molecule is CCCCN(CC)C(=N)N(C)C. The zero-order valence-corrected chi connectivity index (χ0v) is 8.72. The molecule has 0 atom stereocenters. The van der Waals surface area contributed by atoms with Crippen molar-refractivity contribution < 1.29 is 0 Å². The molecule has 0 amide bonds. The Balaban J connectivity index is 3.88. The second kappa shape index (κ2) is 5.86. The van der Waals surface area contributed by atoms with Gasteiger partial charge in [-0.1, -0.05) is 13.3 Å². The Hall–Kier alpha value is -0.730. The van der Waals surface area contributed by atoms with Crippen LogP contribution in [0.25, 0.3) is 0 Å². The van der Waals surface area contributed by atoms with Crippen LogP contribution in [-0.2, 0) is 0 Å². The summed E-state index contributed by atoms with van der Waals surface area (Å²) in [5.74, 6) is 0.617. The molecule has 0 heterocycles. The minimum atomic E-state index is 0.617. The van der Waals surface area contributed by atoms with E-state index in [1.807, 2.05) is 19.0 Å². The van der Waals surface area contributed by atoms with E-state index >= 15 is 0 Å². The van der Waals surface area contributed by atoms with Gasteiger partial charge in [0.25, 0.3) is 0 Å². The highest BCUT2D eigenvalue weighted by molar-refractivity contribution is 5.76. The summed E-state index contributed by atoms with van der Waals surface area (Å²) in [5.41, 5.74) is 0. The molecule has 0 spiro atoms. The minimum absolute atomic E-state index is 0.617. The topological polar surface area (TPSA) is 30.3 Å². The normalized spacial score (nSPS) is 9.67. The van der Waals surface area contributed by atoms with Crippen molar-refractivity contribution in [1.29, 1.82) is 5.41 Å². The molecule has 0 saturated heterocycles. The van der Waals surface area contributed by atoms with E-state index in [4.69, 9.17) is 5.41 Å². The van der Waals surface area contributed by atoms with Crippen molar-refractivity contribution in [2.75, 3.05) is 27.2 Å². The summed E-state index contributed by atoms with van der Waals surface area (Å²) in [5, 5.41) is 7.73. The number of nitrogens with zero attached hydrogens (tertiary/aromatic N) is 2. The van der Waals surface area contributed by atoms with Crippen LogP contribution >= 0.6 is 0 Å². The fourth-order valence-corrected chi connectivity index (χ4v) is 1.05. The van der Waals surface area contributed by atoms with E-state index in [2.05, 4.69) is 18.7 Å². The zero-order valence-electron chi connectivity index (χ0n) is 8.72. The highest BCUT2D eigenvalue weighted by Crippen LogP contribution is 1.97. The molecular formula is C9H21N3. The monoisotopic (exact) mass is 171 g/mol. The maximum absolute atomic E-state index is 7.73. The summed E-state index contributed by atoms with van der Waals surface area (Å²) in [6.07, 6.45) is 2.36. The molecular weight excluding hydrogens is 150 g/mol. The Labute approximate surface area is 75.9 Å². The summed E-state index contributed by atoms with van der Waals surface area (Å²) < 4.78 is 0. The molecule has 12 heavy (non-hydrogen) atoms. The Morgan fingerprint density at radius 2 is 1.83 bits per heavy atom. The molecule has 0 aromatic heterocycles. The molecule has 0 aromatic carbocycles. The zero-order chi connectivity index (χ0) is 9.56. The third kappa shape index (κ3) is 3.60. The smallest absolute Gasteiger partial charge is 0.193 e. The quantitative estimate of drug-likeness (QED) is 0.514. The second-order valence-electron chi connectivity index (χ2n) is 3.15. The average Bonchev–Trinajstić information content (AvgIpc) is 2.05. The minimum Gasteiger partial charge on any atom is -0.349 e. The summed E-state index contributed by atoms with van der Waals surface area (Å²) in [7, 11) is 3.83. The maximum Gasteiger partial charge on any atom is 0.193 e. The number of hydrogen-bond donors (Lipinski definition) is 1. The Morgan fingerprint density at radius 1 is 1.25 bits per heavy atom. The van der Waals surface area contributed by atoms with E-state index in [1.165, 1.54) is 12.8 Å². The van der Waals surface area contributed by atoms with Gasteiger partial charge >= 0.3 is 0 Å². The van der Waals surface area contributed by atoms with Crippen LogP contribution in [0.1, 0.15) is 26.7 Å². The lowest BCUT2D eigenvalue weighted by Crippen LogP contribution is -2.40. The maximum atomic E-state index is 7.73. The van der Waals surface area contributed by atoms with Crippen molar-refractivity contribution in [1.82, 2.24) is 9.80 Å². The second-order valence-corrected chi connectivity index (χ2v) is 3.15. The van der Waals surface area contributed by atoms with Crippen LogP contribution in [0, 0.1) is 5.41 Å². The standard InChI is InChI=1S/C9H21N3/c1-5-7-8-12(6-2)9(10)11(3)4/h10H,5-8H2,1-4H3. The highest BCUT2D eigenvalue weighted by atomic mass is 15.3. The molecule has 0 fully saturated rings. The fraction of sp³-hybridized carbons (Fsp3) is 0.889. The first-order valence-corrected chi connectivity index (χ1v) is 4.64. The largest absolute Gasteiger partial charge is 0.349 e. The number of rotatable bonds is 4. The van der Waals surface area contributed by atoms with Crippen LogP contribution in [0.15, 0.2) is 0 Å². The first kappa shape index (κ1) is 11.3. The predicted molar refractivity (Wildman–Crippen MR) is 53.6 cm³/mol. The number of nitrogens with one attached hydrogen (secondary N) is 1. The van der Waals surface area contributed by atoms with E-state index in [9.17, 15) is 0 Å². The van der Waals surface area contributed by atoms with Crippen molar-refractivity contribution >= 4 is 5.96 Å². The molecule has 1 N–H and O–H groups in total. The van der Waals surface area contributed by atoms with E-state index in [1.54, 1.807) is 0 Å². The molecule has 3 nitrogen and oxygen atoms in total. The van der Waals surface area contributed by atoms with Gasteiger partial charge in [-0.3, -0.25) is 5.41 Å². The average molecular weight is 171 g/mol. The molecule has 3 heteroatoms. The lowest BCUT2D eigenvalue weighted by atomic mass is 10.3. The summed E-state index contributed by atoms with van der Waals surface area (Å²) in [6, 6.07) is 0. The summed E-state index contributed by atoms with van der Waals surface area (Å²) >= 11 is 0. The van der Waals surface area contributed by atoms with Gasteiger partial charge in [0.15, 0.2) is 5.96 Å². The Bertz CT molecular complexity index is 132. The van der Waals surface area contributed by atoms with Gasteiger partial charge in [0.05, 0.1) is 0 Å². The lowest BCUT2D eigenvalue weighted by Gasteiger charge is -2.27. The molecule has 0 radical (unpaired) electrons. The first-order valence-electron chi connectivity index (χ1n) is 4.64. The van der Waals surface area contributed by atoms with Crippen LogP contribution < -0.4 is 0 Å². The van der Waals surface area contributed by atoms with Crippen molar-refractivity contribution in [3.8, 4) is 0 Å². The van der Waals surface area contributed by atoms with Crippen LogP contribution in [-0.4, -0.2) is 42.9 Å². The van der Waals surface area contributed by atoms with E-state index in [0.29, 0.717) is 5.96 Å². The number of guanidine groups is 1. The summed E-state index contributed by atoms with van der Waals surface area (Å²) in [4.78, 5) is 3.93. The molecule has 72 valence electrons. The Kier molecular flexibility index (Phi) is 5.51. The van der Waals surface area contributed by atoms with Crippen molar-refractivity contribution in [2.45, 2.75) is 26.7 Å². The van der Waals surface area contributed by atoms with Gasteiger partial charge in [-0.05, 0) is 13.3 Å². The lowest BCUT2D eigenvalue weighted by molar-refractivity contribution is 0.370. The Morgan fingerprint density at radius 3 is 2.17 bits per heavy atom. The third-order valence-electron chi connectivity index (χ3n) is 1.89.